The van der Waals surface area contributed by atoms with Gasteiger partial charge >= 0.3 is 0 Å². The van der Waals surface area contributed by atoms with Gasteiger partial charge in [0.15, 0.2) is 5.78 Å². The molecule has 0 aliphatic carbocycles. The van der Waals surface area contributed by atoms with Crippen molar-refractivity contribution in [3.05, 3.63) is 42.5 Å². The summed E-state index contributed by atoms with van der Waals surface area (Å²) in [6.45, 7) is 0. The minimum Gasteiger partial charge on any atom is -0.353 e. The van der Waals surface area contributed by atoms with E-state index in [9.17, 15) is 4.79 Å². The molecule has 0 radical (unpaired) electrons. The monoisotopic (exact) mass is 224 g/mol. The van der Waals surface area contributed by atoms with Crippen molar-refractivity contribution in [2.24, 2.45) is 5.92 Å². The Bertz CT molecular complexity index is 515. The van der Waals surface area contributed by atoms with Crippen LogP contribution in [0.5, 0.6) is 0 Å². The average Bonchev–Trinajstić information content (AvgIpc) is 2.67. The van der Waals surface area contributed by atoms with Crippen LogP contribution < -0.4 is 4.90 Å². The smallest absolute Gasteiger partial charge is 0.177 e. The van der Waals surface area contributed by atoms with Crippen molar-refractivity contribution >= 4 is 11.5 Å². The number of anilines is 1. The molecule has 0 saturated carbocycles. The molecule has 2 aliphatic heterocycles. The highest BCUT2D eigenvalue weighted by molar-refractivity contribution is 5.99. The number of carbonyl (C=O) groups is 1. The molecule has 0 aromatic heterocycles. The zero-order valence-corrected chi connectivity index (χ0v) is 9.28. The lowest BCUT2D eigenvalue weighted by atomic mass is 10.0. The van der Waals surface area contributed by atoms with Crippen LogP contribution in [0.3, 0.4) is 0 Å². The number of carbonyl (C=O) groups excluding carboxylic acids is 1. The van der Waals surface area contributed by atoms with E-state index in [0.29, 0.717) is 6.42 Å². The molecule has 2 aliphatic rings. The summed E-state index contributed by atoms with van der Waals surface area (Å²) in [5.41, 5.74) is 1.03. The Labute approximate surface area is 100.0 Å². The maximum atomic E-state index is 11.9. The number of fused-ring (bicyclic) bond motifs is 2. The molecule has 3 rings (SSSR count). The Balaban J connectivity index is 2.04. The number of rotatable bonds is 1. The van der Waals surface area contributed by atoms with Gasteiger partial charge in [-0.05, 0) is 24.6 Å². The summed E-state index contributed by atoms with van der Waals surface area (Å²) in [7, 11) is 0. The van der Waals surface area contributed by atoms with Gasteiger partial charge in [0.1, 0.15) is 0 Å². The molecule has 2 bridgehead atoms. The lowest BCUT2D eigenvalue weighted by Gasteiger charge is -2.32. The third-order valence-electron chi connectivity index (χ3n) is 3.55. The third kappa shape index (κ3) is 1.45. The first kappa shape index (κ1) is 10.1. The number of ketones is 1. The van der Waals surface area contributed by atoms with Gasteiger partial charge in [-0.25, -0.2) is 0 Å². The van der Waals surface area contributed by atoms with Crippen LogP contribution in [-0.2, 0) is 4.79 Å². The van der Waals surface area contributed by atoms with Crippen LogP contribution in [0, 0.1) is 17.2 Å². The first-order valence-electron chi connectivity index (χ1n) is 5.76. The number of hydrogen-bond acceptors (Lipinski definition) is 3. The van der Waals surface area contributed by atoms with Gasteiger partial charge in [0, 0.05) is 5.69 Å². The van der Waals surface area contributed by atoms with E-state index >= 15 is 0 Å². The van der Waals surface area contributed by atoms with Gasteiger partial charge in [-0.2, -0.15) is 5.26 Å². The predicted molar refractivity (Wildman–Crippen MR) is 64.4 cm³/mol. The fourth-order valence-corrected chi connectivity index (χ4v) is 2.76. The summed E-state index contributed by atoms with van der Waals surface area (Å²) in [6.07, 6.45) is 4.14. The van der Waals surface area contributed by atoms with Crippen LogP contribution in [0.2, 0.25) is 0 Å². The van der Waals surface area contributed by atoms with Gasteiger partial charge in [-0.15, -0.1) is 0 Å². The van der Waals surface area contributed by atoms with Crippen molar-refractivity contribution in [1.29, 1.82) is 5.26 Å². The lowest BCUT2D eigenvalue weighted by Crippen LogP contribution is -2.43. The number of hydrogen-bond donors (Lipinski definition) is 0. The molecule has 0 unspecified atom stereocenters. The highest BCUT2D eigenvalue weighted by atomic mass is 16.1. The van der Waals surface area contributed by atoms with Crippen molar-refractivity contribution in [2.75, 3.05) is 4.90 Å². The van der Waals surface area contributed by atoms with Gasteiger partial charge in [0.2, 0.25) is 0 Å². The normalized spacial score (nSPS) is 30.4. The quantitative estimate of drug-likeness (QED) is 0.732. The van der Waals surface area contributed by atoms with E-state index in [0.717, 1.165) is 5.69 Å². The highest BCUT2D eigenvalue weighted by Gasteiger charge is 2.45. The topological polar surface area (TPSA) is 44.1 Å². The van der Waals surface area contributed by atoms with Crippen LogP contribution in [0.25, 0.3) is 0 Å². The van der Waals surface area contributed by atoms with E-state index in [2.05, 4.69) is 11.0 Å². The van der Waals surface area contributed by atoms with E-state index in [1.807, 2.05) is 36.4 Å². The molecule has 3 nitrogen and oxygen atoms in total. The molecule has 1 fully saturated rings. The van der Waals surface area contributed by atoms with E-state index < -0.39 is 0 Å². The minimum absolute atomic E-state index is 0.0464. The van der Waals surface area contributed by atoms with Gasteiger partial charge in [-0.3, -0.25) is 4.79 Å². The molecule has 2 heterocycles. The first-order valence-corrected chi connectivity index (χ1v) is 5.76. The zero-order chi connectivity index (χ0) is 11.8. The molecule has 84 valence electrons. The number of benzene rings is 1. The lowest BCUT2D eigenvalue weighted by molar-refractivity contribution is -0.115. The molecule has 0 amide bonds. The second-order valence-electron chi connectivity index (χ2n) is 4.48. The Morgan fingerprint density at radius 2 is 2.06 bits per heavy atom. The highest BCUT2D eigenvalue weighted by Crippen LogP contribution is 2.37. The first-order chi connectivity index (χ1) is 8.31. The summed E-state index contributed by atoms with van der Waals surface area (Å²) in [6, 6.07) is 12.1. The van der Waals surface area contributed by atoms with Crippen LogP contribution >= 0.6 is 0 Å². The molecule has 1 saturated heterocycles. The van der Waals surface area contributed by atoms with Crippen molar-refractivity contribution in [2.45, 2.75) is 18.5 Å². The van der Waals surface area contributed by atoms with E-state index in [4.69, 9.17) is 5.26 Å². The fourth-order valence-electron chi connectivity index (χ4n) is 2.76. The summed E-state index contributed by atoms with van der Waals surface area (Å²) in [4.78, 5) is 13.9. The molecule has 3 atom stereocenters. The zero-order valence-electron chi connectivity index (χ0n) is 9.28. The molecular weight excluding hydrogens is 212 g/mol. The van der Waals surface area contributed by atoms with Crippen molar-refractivity contribution < 1.29 is 4.79 Å². The van der Waals surface area contributed by atoms with Crippen molar-refractivity contribution in [1.82, 2.24) is 0 Å². The van der Waals surface area contributed by atoms with Crippen LogP contribution in [-0.4, -0.2) is 17.9 Å². The molecule has 3 heteroatoms. The second-order valence-corrected chi connectivity index (χ2v) is 4.48. The van der Waals surface area contributed by atoms with Gasteiger partial charge < -0.3 is 4.90 Å². The number of nitrogens with zero attached hydrogens (tertiary/aromatic N) is 2. The maximum absolute atomic E-state index is 11.9. The van der Waals surface area contributed by atoms with Crippen LogP contribution in [0.4, 0.5) is 5.69 Å². The third-order valence-corrected chi connectivity index (χ3v) is 3.55. The van der Waals surface area contributed by atoms with Gasteiger partial charge in [0.25, 0.3) is 0 Å². The summed E-state index contributed by atoms with van der Waals surface area (Å²) >= 11 is 0. The standard InChI is InChI=1S/C14H12N2O/c15-9-10-8-13-14(17)7-6-12(10)16(13)11-4-2-1-3-5-11/h1-7,10,12-13H,8H2/t10-,12-,13-/m1/s1. The van der Waals surface area contributed by atoms with Crippen molar-refractivity contribution in [3.63, 3.8) is 0 Å². The molecule has 17 heavy (non-hydrogen) atoms. The second kappa shape index (κ2) is 3.74. The Hall–Kier alpha value is -2.08. The van der Waals surface area contributed by atoms with E-state index in [-0.39, 0.29) is 23.8 Å². The molecule has 1 aromatic rings. The van der Waals surface area contributed by atoms with Crippen LogP contribution in [0.15, 0.2) is 42.5 Å². The van der Waals surface area contributed by atoms with Crippen LogP contribution in [0.1, 0.15) is 6.42 Å². The van der Waals surface area contributed by atoms with Gasteiger partial charge in [-0.1, -0.05) is 24.3 Å². The summed E-state index contributed by atoms with van der Waals surface area (Å²) < 4.78 is 0. The maximum Gasteiger partial charge on any atom is 0.177 e. The molecule has 0 spiro atoms. The van der Waals surface area contributed by atoms with Crippen molar-refractivity contribution in [3.8, 4) is 6.07 Å². The SMILES string of the molecule is N#C[C@H]1C[C@@H]2C(=O)C=C[C@H]1N2c1ccccc1. The fraction of sp³-hybridized carbons (Fsp3) is 0.286. The summed E-state index contributed by atoms with van der Waals surface area (Å²) in [5.74, 6) is 0.0331. The molecule has 0 N–H and O–H groups in total. The van der Waals surface area contributed by atoms with E-state index in [1.165, 1.54) is 0 Å². The van der Waals surface area contributed by atoms with E-state index in [1.54, 1.807) is 6.08 Å². The summed E-state index contributed by atoms with van der Waals surface area (Å²) in [5, 5.41) is 9.14. The predicted octanol–water partition coefficient (Wildman–Crippen LogP) is 1.91. The Morgan fingerprint density at radius 1 is 1.29 bits per heavy atom. The number of nitriles is 1. The minimum atomic E-state index is -0.156. The molecular formula is C14H12N2O. The number of para-hydroxylation sites is 1. The average molecular weight is 224 g/mol. The van der Waals surface area contributed by atoms with Gasteiger partial charge in [0.05, 0.1) is 24.1 Å². The Morgan fingerprint density at radius 3 is 2.76 bits per heavy atom. The largest absolute Gasteiger partial charge is 0.353 e. The molecule has 1 aromatic carbocycles. The Kier molecular flexibility index (Phi) is 2.22.